The van der Waals surface area contributed by atoms with Crippen LogP contribution in [-0.4, -0.2) is 27.6 Å². The van der Waals surface area contributed by atoms with Crippen LogP contribution in [0.15, 0.2) is 40.9 Å². The lowest BCUT2D eigenvalue weighted by atomic mass is 10.1. The van der Waals surface area contributed by atoms with Crippen LogP contribution in [0, 0.1) is 0 Å². The molecule has 1 aromatic carbocycles. The van der Waals surface area contributed by atoms with E-state index in [9.17, 15) is 0 Å². The Balaban J connectivity index is 1.80. The van der Waals surface area contributed by atoms with Gasteiger partial charge in [-0.3, -0.25) is 0 Å². The standard InChI is InChI=1S/C15H16N4OS/c1-10(16-2)8-14-17-15(20-18-14)13-9-12(19-21-13)11-6-4-3-5-7-11/h3-7,9-10,16H,8H2,1-2H3. The summed E-state index contributed by atoms with van der Waals surface area (Å²) in [6, 6.07) is 12.4. The zero-order valence-corrected chi connectivity index (χ0v) is 12.7. The largest absolute Gasteiger partial charge is 0.333 e. The Hall–Kier alpha value is -2.05. The van der Waals surface area contributed by atoms with E-state index in [1.165, 1.54) is 11.5 Å². The molecule has 3 rings (SSSR count). The molecule has 2 heterocycles. The molecule has 1 unspecified atom stereocenters. The van der Waals surface area contributed by atoms with E-state index < -0.39 is 0 Å². The summed E-state index contributed by atoms with van der Waals surface area (Å²) in [6.45, 7) is 2.08. The summed E-state index contributed by atoms with van der Waals surface area (Å²) in [6.07, 6.45) is 0.740. The fourth-order valence-electron chi connectivity index (χ4n) is 1.93. The topological polar surface area (TPSA) is 63.8 Å². The Bertz CT molecular complexity index is 707. The maximum absolute atomic E-state index is 5.33. The van der Waals surface area contributed by atoms with Crippen LogP contribution in [0.5, 0.6) is 0 Å². The first-order valence-electron chi connectivity index (χ1n) is 6.78. The molecule has 0 aliphatic rings. The van der Waals surface area contributed by atoms with Crippen LogP contribution in [0.2, 0.25) is 0 Å². The molecule has 0 radical (unpaired) electrons. The zero-order chi connectivity index (χ0) is 14.7. The molecular weight excluding hydrogens is 284 g/mol. The second-order valence-electron chi connectivity index (χ2n) is 4.85. The van der Waals surface area contributed by atoms with Gasteiger partial charge in [0.25, 0.3) is 5.89 Å². The fraction of sp³-hybridized carbons (Fsp3) is 0.267. The van der Waals surface area contributed by atoms with E-state index in [0.29, 0.717) is 17.8 Å². The average molecular weight is 300 g/mol. The number of rotatable bonds is 5. The van der Waals surface area contributed by atoms with Crippen molar-refractivity contribution in [3.05, 3.63) is 42.2 Å². The summed E-state index contributed by atoms with van der Waals surface area (Å²) in [5.41, 5.74) is 2.02. The van der Waals surface area contributed by atoms with Crippen molar-refractivity contribution in [1.82, 2.24) is 19.8 Å². The predicted molar refractivity (Wildman–Crippen MR) is 83.1 cm³/mol. The number of benzene rings is 1. The lowest BCUT2D eigenvalue weighted by molar-refractivity contribution is 0.419. The second kappa shape index (κ2) is 6.15. The lowest BCUT2D eigenvalue weighted by Gasteiger charge is -2.04. The highest BCUT2D eigenvalue weighted by atomic mass is 32.1. The molecule has 0 saturated heterocycles. The van der Waals surface area contributed by atoms with Gasteiger partial charge in [0.1, 0.15) is 4.88 Å². The summed E-state index contributed by atoms with van der Waals surface area (Å²) < 4.78 is 9.78. The Kier molecular flexibility index (Phi) is 4.08. The maximum atomic E-state index is 5.33. The minimum absolute atomic E-state index is 0.316. The summed E-state index contributed by atoms with van der Waals surface area (Å²) in [5.74, 6) is 1.24. The molecule has 5 nitrogen and oxygen atoms in total. The van der Waals surface area contributed by atoms with Crippen LogP contribution in [0.1, 0.15) is 12.7 Å². The molecule has 6 heteroatoms. The molecule has 1 N–H and O–H groups in total. The van der Waals surface area contributed by atoms with E-state index in [4.69, 9.17) is 4.52 Å². The lowest BCUT2D eigenvalue weighted by Crippen LogP contribution is -2.24. The number of likely N-dealkylation sites (N-methyl/N-ethyl adjacent to an activating group) is 1. The molecule has 0 aliphatic carbocycles. The predicted octanol–water partition coefficient (Wildman–Crippen LogP) is 3.01. The van der Waals surface area contributed by atoms with E-state index in [-0.39, 0.29) is 0 Å². The second-order valence-corrected chi connectivity index (χ2v) is 5.66. The van der Waals surface area contributed by atoms with Gasteiger partial charge in [-0.15, -0.1) is 0 Å². The molecule has 0 bridgehead atoms. The molecule has 21 heavy (non-hydrogen) atoms. The summed E-state index contributed by atoms with van der Waals surface area (Å²) in [7, 11) is 1.92. The highest BCUT2D eigenvalue weighted by molar-refractivity contribution is 7.09. The highest BCUT2D eigenvalue weighted by Gasteiger charge is 2.14. The number of nitrogens with zero attached hydrogens (tertiary/aromatic N) is 3. The smallest absolute Gasteiger partial charge is 0.269 e. The molecule has 108 valence electrons. The van der Waals surface area contributed by atoms with Crippen molar-refractivity contribution in [1.29, 1.82) is 0 Å². The van der Waals surface area contributed by atoms with Crippen molar-refractivity contribution >= 4 is 11.5 Å². The Morgan fingerprint density at radius 1 is 1.29 bits per heavy atom. The first-order chi connectivity index (χ1) is 10.3. The average Bonchev–Trinajstić information content (AvgIpc) is 3.17. The van der Waals surface area contributed by atoms with Crippen LogP contribution in [-0.2, 0) is 6.42 Å². The summed E-state index contributed by atoms with van der Waals surface area (Å²) in [5, 5.41) is 7.17. The molecule has 0 saturated carbocycles. The van der Waals surface area contributed by atoms with Gasteiger partial charge in [0.15, 0.2) is 5.82 Å². The van der Waals surface area contributed by atoms with E-state index in [0.717, 1.165) is 22.6 Å². The molecule has 2 aromatic heterocycles. The monoisotopic (exact) mass is 300 g/mol. The Labute approximate surface area is 127 Å². The number of aromatic nitrogens is 3. The molecule has 0 spiro atoms. The van der Waals surface area contributed by atoms with Gasteiger partial charge >= 0.3 is 0 Å². The van der Waals surface area contributed by atoms with Gasteiger partial charge in [0, 0.05) is 18.0 Å². The Morgan fingerprint density at radius 3 is 2.86 bits per heavy atom. The molecule has 0 fully saturated rings. The molecular formula is C15H16N4OS. The van der Waals surface area contributed by atoms with Gasteiger partial charge in [0.05, 0.1) is 5.69 Å². The normalized spacial score (nSPS) is 12.5. The third kappa shape index (κ3) is 3.17. The van der Waals surface area contributed by atoms with Crippen molar-refractivity contribution < 1.29 is 4.52 Å². The first-order valence-corrected chi connectivity index (χ1v) is 7.56. The van der Waals surface area contributed by atoms with E-state index >= 15 is 0 Å². The number of nitrogens with one attached hydrogen (secondary N) is 1. The SMILES string of the molecule is CNC(C)Cc1noc(-c2cc(-c3ccccc3)ns2)n1. The summed E-state index contributed by atoms with van der Waals surface area (Å²) >= 11 is 1.37. The van der Waals surface area contributed by atoms with Gasteiger partial charge in [-0.25, -0.2) is 0 Å². The molecule has 3 aromatic rings. The van der Waals surface area contributed by atoms with Gasteiger partial charge < -0.3 is 9.84 Å². The van der Waals surface area contributed by atoms with Crippen LogP contribution >= 0.6 is 11.5 Å². The quantitative estimate of drug-likeness (QED) is 0.784. The van der Waals surface area contributed by atoms with Gasteiger partial charge in [0.2, 0.25) is 0 Å². The summed E-state index contributed by atoms with van der Waals surface area (Å²) in [4.78, 5) is 5.32. The van der Waals surface area contributed by atoms with Gasteiger partial charge in [-0.05, 0) is 31.6 Å². The van der Waals surface area contributed by atoms with Crippen LogP contribution < -0.4 is 5.32 Å². The van der Waals surface area contributed by atoms with Crippen molar-refractivity contribution in [3.8, 4) is 22.0 Å². The molecule has 0 amide bonds. The minimum atomic E-state index is 0.316. The number of hydrogen-bond donors (Lipinski definition) is 1. The van der Waals surface area contributed by atoms with Gasteiger partial charge in [-0.1, -0.05) is 35.5 Å². The minimum Gasteiger partial charge on any atom is -0.333 e. The van der Waals surface area contributed by atoms with Crippen LogP contribution in [0.25, 0.3) is 22.0 Å². The first kappa shape index (κ1) is 13.9. The van der Waals surface area contributed by atoms with Gasteiger partial charge in [-0.2, -0.15) is 9.36 Å². The third-order valence-electron chi connectivity index (χ3n) is 3.24. The molecule has 1 atom stereocenters. The van der Waals surface area contributed by atoms with E-state index in [2.05, 4.69) is 26.8 Å². The Morgan fingerprint density at radius 2 is 2.10 bits per heavy atom. The molecule has 0 aliphatic heterocycles. The zero-order valence-electron chi connectivity index (χ0n) is 11.9. The van der Waals surface area contributed by atoms with Crippen molar-refractivity contribution in [2.75, 3.05) is 7.05 Å². The van der Waals surface area contributed by atoms with Crippen LogP contribution in [0.3, 0.4) is 0 Å². The fourth-order valence-corrected chi connectivity index (χ4v) is 2.61. The van der Waals surface area contributed by atoms with E-state index in [1.807, 2.05) is 43.4 Å². The van der Waals surface area contributed by atoms with E-state index in [1.54, 1.807) is 0 Å². The van der Waals surface area contributed by atoms with Crippen molar-refractivity contribution in [3.63, 3.8) is 0 Å². The third-order valence-corrected chi connectivity index (χ3v) is 4.02. The van der Waals surface area contributed by atoms with Crippen LogP contribution in [0.4, 0.5) is 0 Å². The highest BCUT2D eigenvalue weighted by Crippen LogP contribution is 2.28. The maximum Gasteiger partial charge on any atom is 0.269 e. The van der Waals surface area contributed by atoms with Crippen molar-refractivity contribution in [2.45, 2.75) is 19.4 Å². The van der Waals surface area contributed by atoms with Crippen molar-refractivity contribution in [2.24, 2.45) is 0 Å². The number of hydrogen-bond acceptors (Lipinski definition) is 6.